The number of ether oxygens (including phenoxy) is 2. The van der Waals surface area contributed by atoms with E-state index >= 15 is 0 Å². The minimum atomic E-state index is 0. The minimum absolute atomic E-state index is 0. The first-order valence-corrected chi connectivity index (χ1v) is 9.60. The molecule has 1 saturated heterocycles. The molecule has 1 aromatic carbocycles. The number of guanidine groups is 1. The lowest BCUT2D eigenvalue weighted by Gasteiger charge is -2.16. The normalized spacial score (nSPS) is 18.2. The first kappa shape index (κ1) is 23.2. The Balaban J connectivity index is 0.00000338. The van der Waals surface area contributed by atoms with Crippen LogP contribution in [0.5, 0.6) is 0 Å². The van der Waals surface area contributed by atoms with Crippen molar-refractivity contribution in [3.8, 4) is 0 Å². The molecule has 1 aromatic rings. The lowest BCUT2D eigenvalue weighted by Crippen LogP contribution is -2.38. The average Bonchev–Trinajstić information content (AvgIpc) is 3.16. The van der Waals surface area contributed by atoms with E-state index < -0.39 is 0 Å². The fourth-order valence-electron chi connectivity index (χ4n) is 2.91. The molecular formula is C20H34IN3O2. The Bertz CT molecular complexity index is 493. The van der Waals surface area contributed by atoms with E-state index in [2.05, 4.69) is 54.8 Å². The molecular weight excluding hydrogens is 441 g/mol. The van der Waals surface area contributed by atoms with Crippen molar-refractivity contribution in [1.29, 1.82) is 0 Å². The van der Waals surface area contributed by atoms with E-state index in [0.29, 0.717) is 5.92 Å². The van der Waals surface area contributed by atoms with Gasteiger partial charge in [0.25, 0.3) is 0 Å². The Morgan fingerprint density at radius 1 is 1.27 bits per heavy atom. The highest BCUT2D eigenvalue weighted by molar-refractivity contribution is 14.0. The molecule has 148 valence electrons. The van der Waals surface area contributed by atoms with Gasteiger partial charge >= 0.3 is 0 Å². The number of hydrogen-bond acceptors (Lipinski definition) is 3. The van der Waals surface area contributed by atoms with Gasteiger partial charge in [-0.2, -0.15) is 0 Å². The Kier molecular flexibility index (Phi) is 12.7. The van der Waals surface area contributed by atoms with Gasteiger partial charge in [-0.05, 0) is 31.7 Å². The lowest BCUT2D eigenvalue weighted by atomic mass is 9.97. The third kappa shape index (κ3) is 8.68. The summed E-state index contributed by atoms with van der Waals surface area (Å²) in [6.45, 7) is 9.18. The van der Waals surface area contributed by atoms with Crippen molar-refractivity contribution in [3.63, 3.8) is 0 Å². The fraction of sp³-hybridized carbons (Fsp3) is 0.650. The third-order valence-electron chi connectivity index (χ3n) is 4.43. The summed E-state index contributed by atoms with van der Waals surface area (Å²) in [5, 5.41) is 6.73. The third-order valence-corrected chi connectivity index (χ3v) is 4.43. The molecule has 0 saturated carbocycles. The van der Waals surface area contributed by atoms with Crippen molar-refractivity contribution in [2.45, 2.75) is 45.1 Å². The van der Waals surface area contributed by atoms with Crippen LogP contribution in [0.3, 0.4) is 0 Å². The predicted octanol–water partition coefficient (Wildman–Crippen LogP) is 3.55. The van der Waals surface area contributed by atoms with Crippen LogP contribution in [-0.4, -0.2) is 51.5 Å². The maximum atomic E-state index is 5.79. The molecule has 1 fully saturated rings. The van der Waals surface area contributed by atoms with Gasteiger partial charge in [0, 0.05) is 38.8 Å². The highest BCUT2D eigenvalue weighted by atomic mass is 127. The van der Waals surface area contributed by atoms with Crippen molar-refractivity contribution in [2.75, 3.05) is 39.5 Å². The molecule has 0 amide bonds. The number of benzene rings is 1. The van der Waals surface area contributed by atoms with Crippen LogP contribution >= 0.6 is 24.0 Å². The molecule has 1 aliphatic heterocycles. The van der Waals surface area contributed by atoms with Crippen LogP contribution in [0.25, 0.3) is 0 Å². The van der Waals surface area contributed by atoms with Crippen LogP contribution in [0, 0.1) is 0 Å². The van der Waals surface area contributed by atoms with Gasteiger partial charge in [0.15, 0.2) is 5.96 Å². The van der Waals surface area contributed by atoms with E-state index in [-0.39, 0.29) is 30.1 Å². The molecule has 0 spiro atoms. The molecule has 2 rings (SSSR count). The second kappa shape index (κ2) is 14.2. The van der Waals surface area contributed by atoms with E-state index in [1.54, 1.807) is 0 Å². The molecule has 26 heavy (non-hydrogen) atoms. The second-order valence-corrected chi connectivity index (χ2v) is 6.37. The largest absolute Gasteiger partial charge is 0.379 e. The summed E-state index contributed by atoms with van der Waals surface area (Å²) in [5.74, 6) is 1.35. The zero-order valence-corrected chi connectivity index (χ0v) is 18.4. The zero-order valence-electron chi connectivity index (χ0n) is 16.1. The summed E-state index contributed by atoms with van der Waals surface area (Å²) < 4.78 is 11.1. The van der Waals surface area contributed by atoms with Crippen molar-refractivity contribution in [3.05, 3.63) is 35.9 Å². The van der Waals surface area contributed by atoms with E-state index in [4.69, 9.17) is 14.5 Å². The molecule has 1 aliphatic rings. The first-order chi connectivity index (χ1) is 12.3. The Hall–Kier alpha value is -0.860. The summed E-state index contributed by atoms with van der Waals surface area (Å²) in [6, 6.07) is 10.6. The number of nitrogens with zero attached hydrogens (tertiary/aromatic N) is 1. The quantitative estimate of drug-likeness (QED) is 0.235. The highest BCUT2D eigenvalue weighted by Gasteiger charge is 2.15. The monoisotopic (exact) mass is 475 g/mol. The fourth-order valence-corrected chi connectivity index (χ4v) is 2.91. The van der Waals surface area contributed by atoms with Crippen LogP contribution in [-0.2, 0) is 9.47 Å². The van der Waals surface area contributed by atoms with Gasteiger partial charge in [-0.25, -0.2) is 0 Å². The molecule has 0 aromatic heterocycles. The maximum Gasteiger partial charge on any atom is 0.191 e. The standard InChI is InChI=1S/C20H33N3O2.HI/c1-3-17(18-9-6-5-7-10-18)15-23-20(21-4-2)22-12-8-13-25-19-11-14-24-16-19;/h5-7,9-10,17,19H,3-4,8,11-16H2,1-2H3,(H2,21,22,23);1H. The second-order valence-electron chi connectivity index (χ2n) is 6.37. The van der Waals surface area contributed by atoms with Crippen molar-refractivity contribution < 1.29 is 9.47 Å². The van der Waals surface area contributed by atoms with Gasteiger partial charge in [0.2, 0.25) is 0 Å². The topological polar surface area (TPSA) is 54.9 Å². The summed E-state index contributed by atoms with van der Waals surface area (Å²) in [7, 11) is 0. The van der Waals surface area contributed by atoms with E-state index in [1.165, 1.54) is 5.56 Å². The molecule has 1 heterocycles. The SMILES string of the molecule is CCNC(=NCC(CC)c1ccccc1)NCCCOC1CCOC1.I. The van der Waals surface area contributed by atoms with Gasteiger partial charge in [0.05, 0.1) is 12.7 Å². The van der Waals surface area contributed by atoms with Gasteiger partial charge in [-0.15, -0.1) is 24.0 Å². The van der Waals surface area contributed by atoms with Gasteiger partial charge in [-0.3, -0.25) is 4.99 Å². The van der Waals surface area contributed by atoms with E-state index in [9.17, 15) is 0 Å². The molecule has 5 nitrogen and oxygen atoms in total. The highest BCUT2D eigenvalue weighted by Crippen LogP contribution is 2.19. The molecule has 0 radical (unpaired) electrons. The zero-order chi connectivity index (χ0) is 17.7. The molecule has 2 atom stereocenters. The Morgan fingerprint density at radius 3 is 2.73 bits per heavy atom. The average molecular weight is 475 g/mol. The number of halogens is 1. The molecule has 2 unspecified atom stereocenters. The van der Waals surface area contributed by atoms with Crippen LogP contribution in [0.1, 0.15) is 44.6 Å². The molecule has 0 bridgehead atoms. The number of rotatable bonds is 10. The number of aliphatic imine (C=N–C) groups is 1. The van der Waals surface area contributed by atoms with E-state index in [1.807, 2.05) is 0 Å². The van der Waals surface area contributed by atoms with Gasteiger partial charge < -0.3 is 20.1 Å². The number of hydrogen-bond donors (Lipinski definition) is 2. The van der Waals surface area contributed by atoms with Crippen LogP contribution in [0.2, 0.25) is 0 Å². The van der Waals surface area contributed by atoms with Crippen LogP contribution in [0.15, 0.2) is 35.3 Å². The van der Waals surface area contributed by atoms with Crippen molar-refractivity contribution in [1.82, 2.24) is 10.6 Å². The summed E-state index contributed by atoms with van der Waals surface area (Å²) >= 11 is 0. The molecule has 2 N–H and O–H groups in total. The summed E-state index contributed by atoms with van der Waals surface area (Å²) in [4.78, 5) is 4.77. The minimum Gasteiger partial charge on any atom is -0.379 e. The Labute approximate surface area is 175 Å². The Morgan fingerprint density at radius 2 is 2.08 bits per heavy atom. The molecule has 0 aliphatic carbocycles. The molecule has 6 heteroatoms. The maximum absolute atomic E-state index is 5.79. The van der Waals surface area contributed by atoms with Crippen molar-refractivity contribution in [2.24, 2.45) is 4.99 Å². The summed E-state index contributed by atoms with van der Waals surface area (Å²) in [6.07, 6.45) is 3.37. The van der Waals surface area contributed by atoms with Crippen LogP contribution in [0.4, 0.5) is 0 Å². The summed E-state index contributed by atoms with van der Waals surface area (Å²) in [5.41, 5.74) is 1.36. The lowest BCUT2D eigenvalue weighted by molar-refractivity contribution is 0.0420. The first-order valence-electron chi connectivity index (χ1n) is 9.60. The van der Waals surface area contributed by atoms with Crippen molar-refractivity contribution >= 4 is 29.9 Å². The van der Waals surface area contributed by atoms with Gasteiger partial charge in [-0.1, -0.05) is 37.3 Å². The van der Waals surface area contributed by atoms with Crippen LogP contribution < -0.4 is 10.6 Å². The number of nitrogens with one attached hydrogen (secondary N) is 2. The predicted molar refractivity (Wildman–Crippen MR) is 119 cm³/mol. The smallest absolute Gasteiger partial charge is 0.191 e. The van der Waals surface area contributed by atoms with Gasteiger partial charge in [0.1, 0.15) is 0 Å². The van der Waals surface area contributed by atoms with E-state index in [0.717, 1.165) is 64.7 Å².